The van der Waals surface area contributed by atoms with Gasteiger partial charge in [-0.05, 0) is 0 Å². The Morgan fingerprint density at radius 3 is 1.88 bits per heavy atom. The maximum atomic E-state index is 10.6. The van der Waals surface area contributed by atoms with Gasteiger partial charge in [-0.2, -0.15) is 31.4 Å². The van der Waals surface area contributed by atoms with Crippen LogP contribution in [0.4, 0.5) is 26.3 Å². The second-order valence-electron chi connectivity index (χ2n) is 4.27. The predicted molar refractivity (Wildman–Crippen MR) is 66.0 cm³/mol. The molecule has 1 aromatic rings. The molecule has 138 valence electrons. The summed E-state index contributed by atoms with van der Waals surface area (Å²) < 4.78 is 65.4. The minimum atomic E-state index is -5.08. The number of aryl methyl sites for hydroxylation is 1. The van der Waals surface area contributed by atoms with Crippen molar-refractivity contribution in [2.24, 2.45) is 7.05 Å². The van der Waals surface area contributed by atoms with E-state index in [1.54, 1.807) is 0 Å². The number of alkyl halides is 6. The molecule has 0 atom stereocenters. The van der Waals surface area contributed by atoms with Gasteiger partial charge >= 0.3 is 24.3 Å². The van der Waals surface area contributed by atoms with E-state index in [9.17, 15) is 26.3 Å². The molecule has 0 aliphatic carbocycles. The average Bonchev–Trinajstić information content (AvgIpc) is 2.80. The van der Waals surface area contributed by atoms with Gasteiger partial charge in [0.25, 0.3) is 0 Å². The fourth-order valence-corrected chi connectivity index (χ4v) is 1.41. The largest absolute Gasteiger partial charge is 0.490 e. The lowest BCUT2D eigenvalue weighted by atomic mass is 10.1. The average molecular weight is 365 g/mol. The van der Waals surface area contributed by atoms with E-state index in [1.807, 2.05) is 17.9 Å². The van der Waals surface area contributed by atoms with Crippen LogP contribution in [-0.4, -0.2) is 50.8 Å². The number of rotatable bonds is 0. The van der Waals surface area contributed by atoms with Gasteiger partial charge in [-0.25, -0.2) is 9.59 Å². The zero-order chi connectivity index (χ0) is 19.1. The van der Waals surface area contributed by atoms with Crippen LogP contribution in [0, 0.1) is 0 Å². The standard InChI is InChI=1S/C7H11N3.2C2HF3O2/c1-10-7-2-3-8-4-6(7)5-9-10;2*3-2(4,5)1(6)7/h5,8H,2-4H2,1H3;2*(H,6,7). The molecule has 13 heteroatoms. The van der Waals surface area contributed by atoms with Gasteiger partial charge in [0.2, 0.25) is 0 Å². The Bertz CT molecular complexity index is 543. The maximum absolute atomic E-state index is 10.6. The smallest absolute Gasteiger partial charge is 0.475 e. The second kappa shape index (κ2) is 8.52. The molecule has 24 heavy (non-hydrogen) atoms. The highest BCUT2D eigenvalue weighted by atomic mass is 19.4. The molecule has 1 aliphatic rings. The van der Waals surface area contributed by atoms with E-state index in [0.29, 0.717) is 0 Å². The van der Waals surface area contributed by atoms with Crippen molar-refractivity contribution in [1.29, 1.82) is 0 Å². The lowest BCUT2D eigenvalue weighted by molar-refractivity contribution is -0.193. The summed E-state index contributed by atoms with van der Waals surface area (Å²) in [5, 5.41) is 21.7. The molecule has 0 radical (unpaired) electrons. The fraction of sp³-hybridized carbons (Fsp3) is 0.545. The van der Waals surface area contributed by atoms with Crippen LogP contribution >= 0.6 is 0 Å². The van der Waals surface area contributed by atoms with Gasteiger partial charge in [-0.1, -0.05) is 0 Å². The summed E-state index contributed by atoms with van der Waals surface area (Å²) in [6.45, 7) is 2.08. The van der Waals surface area contributed by atoms with E-state index in [1.165, 1.54) is 11.3 Å². The lowest BCUT2D eigenvalue weighted by Crippen LogP contribution is -2.24. The molecule has 0 amide bonds. The molecular weight excluding hydrogens is 352 g/mol. The number of halogens is 6. The maximum Gasteiger partial charge on any atom is 0.490 e. The number of nitrogens with one attached hydrogen (secondary N) is 1. The number of carboxylic acids is 2. The molecule has 0 saturated heterocycles. The Hall–Kier alpha value is -2.31. The summed E-state index contributed by atoms with van der Waals surface area (Å²) in [7, 11) is 2.00. The van der Waals surface area contributed by atoms with Crippen LogP contribution in [0.25, 0.3) is 0 Å². The van der Waals surface area contributed by atoms with Crippen LogP contribution in [0.1, 0.15) is 11.3 Å². The first-order valence-corrected chi connectivity index (χ1v) is 6.07. The quantitative estimate of drug-likeness (QED) is 0.600. The molecule has 0 unspecified atom stereocenters. The molecule has 0 spiro atoms. The third-order valence-electron chi connectivity index (χ3n) is 2.49. The Morgan fingerprint density at radius 1 is 1.12 bits per heavy atom. The minimum Gasteiger partial charge on any atom is -0.475 e. The van der Waals surface area contributed by atoms with Gasteiger partial charge in [0.15, 0.2) is 0 Å². The summed E-state index contributed by atoms with van der Waals surface area (Å²) in [6, 6.07) is 0. The molecule has 0 bridgehead atoms. The van der Waals surface area contributed by atoms with Crippen molar-refractivity contribution >= 4 is 11.9 Å². The van der Waals surface area contributed by atoms with Crippen molar-refractivity contribution in [3.63, 3.8) is 0 Å². The molecule has 3 N–H and O–H groups in total. The van der Waals surface area contributed by atoms with Crippen LogP contribution in [-0.2, 0) is 29.6 Å². The van der Waals surface area contributed by atoms with Crippen molar-refractivity contribution in [1.82, 2.24) is 15.1 Å². The van der Waals surface area contributed by atoms with Gasteiger partial charge in [0.1, 0.15) is 0 Å². The molecule has 2 rings (SSSR count). The molecule has 1 aromatic heterocycles. The van der Waals surface area contributed by atoms with E-state index in [2.05, 4.69) is 10.4 Å². The van der Waals surface area contributed by atoms with Gasteiger partial charge in [0, 0.05) is 37.8 Å². The Labute approximate surface area is 130 Å². The Balaban J connectivity index is 0.000000343. The van der Waals surface area contributed by atoms with Gasteiger partial charge < -0.3 is 15.5 Å². The minimum absolute atomic E-state index is 0.989. The van der Waals surface area contributed by atoms with Crippen molar-refractivity contribution in [3.05, 3.63) is 17.5 Å². The van der Waals surface area contributed by atoms with Crippen molar-refractivity contribution in [3.8, 4) is 0 Å². The summed E-state index contributed by atoms with van der Waals surface area (Å²) >= 11 is 0. The summed E-state index contributed by atoms with van der Waals surface area (Å²) in [4.78, 5) is 17.8. The summed E-state index contributed by atoms with van der Waals surface area (Å²) in [5.74, 6) is -5.51. The molecule has 0 saturated carbocycles. The zero-order valence-electron chi connectivity index (χ0n) is 12.1. The highest BCUT2D eigenvalue weighted by Gasteiger charge is 2.38. The Kier molecular flexibility index (Phi) is 7.70. The van der Waals surface area contributed by atoms with E-state index >= 15 is 0 Å². The van der Waals surface area contributed by atoms with Crippen molar-refractivity contribution < 1.29 is 46.1 Å². The fourth-order valence-electron chi connectivity index (χ4n) is 1.41. The Morgan fingerprint density at radius 2 is 1.54 bits per heavy atom. The summed E-state index contributed by atoms with van der Waals surface area (Å²) in [5.41, 5.74) is 2.74. The van der Waals surface area contributed by atoms with E-state index < -0.39 is 24.3 Å². The van der Waals surface area contributed by atoms with E-state index in [4.69, 9.17) is 19.8 Å². The predicted octanol–water partition coefficient (Wildman–Crippen LogP) is 1.33. The number of nitrogens with zero attached hydrogens (tertiary/aromatic N) is 2. The SMILES string of the molecule is Cn1ncc2c1CCNC2.O=C(O)C(F)(F)F.O=C(O)C(F)(F)F. The van der Waals surface area contributed by atoms with Gasteiger partial charge in [-0.15, -0.1) is 0 Å². The zero-order valence-corrected chi connectivity index (χ0v) is 12.1. The monoisotopic (exact) mass is 365 g/mol. The van der Waals surface area contributed by atoms with Crippen LogP contribution in [0.5, 0.6) is 0 Å². The van der Waals surface area contributed by atoms with Crippen molar-refractivity contribution in [2.45, 2.75) is 25.3 Å². The van der Waals surface area contributed by atoms with E-state index in [-0.39, 0.29) is 0 Å². The molecule has 0 fully saturated rings. The number of hydrogen-bond acceptors (Lipinski definition) is 4. The number of fused-ring (bicyclic) bond motifs is 1. The highest BCUT2D eigenvalue weighted by Crippen LogP contribution is 2.13. The summed E-state index contributed by atoms with van der Waals surface area (Å²) in [6.07, 6.45) is -7.10. The van der Waals surface area contributed by atoms with Crippen LogP contribution < -0.4 is 5.32 Å². The van der Waals surface area contributed by atoms with Gasteiger partial charge in [0.05, 0.1) is 6.20 Å². The molecule has 1 aliphatic heterocycles. The van der Waals surface area contributed by atoms with Crippen molar-refractivity contribution in [2.75, 3.05) is 6.54 Å². The molecule has 0 aromatic carbocycles. The highest BCUT2D eigenvalue weighted by molar-refractivity contribution is 5.73. The normalized spacial score (nSPS) is 13.6. The number of hydrogen-bond donors (Lipinski definition) is 3. The van der Waals surface area contributed by atoms with E-state index in [0.717, 1.165) is 19.5 Å². The first kappa shape index (κ1) is 21.7. The number of carboxylic acid groups (broad SMARTS) is 2. The van der Waals surface area contributed by atoms with Gasteiger partial charge in [-0.3, -0.25) is 4.68 Å². The first-order chi connectivity index (χ1) is 10.8. The van der Waals surface area contributed by atoms with Crippen LogP contribution in [0.15, 0.2) is 6.20 Å². The molecule has 7 nitrogen and oxygen atoms in total. The lowest BCUT2D eigenvalue weighted by Gasteiger charge is -2.12. The number of aliphatic carboxylic acids is 2. The number of carbonyl (C=O) groups is 2. The topological polar surface area (TPSA) is 104 Å². The third kappa shape index (κ3) is 7.80. The number of aromatic nitrogens is 2. The molecule has 2 heterocycles. The third-order valence-corrected chi connectivity index (χ3v) is 2.49. The first-order valence-electron chi connectivity index (χ1n) is 6.07. The molecular formula is C11H13F6N3O4. The van der Waals surface area contributed by atoms with Crippen LogP contribution in [0.2, 0.25) is 0 Å². The van der Waals surface area contributed by atoms with Crippen LogP contribution in [0.3, 0.4) is 0 Å². The second-order valence-corrected chi connectivity index (χ2v) is 4.27.